The summed E-state index contributed by atoms with van der Waals surface area (Å²) in [4.78, 5) is 21.7. The quantitative estimate of drug-likeness (QED) is 0.365. The number of carbonyl (C=O) groups excluding carboxylic acids is 1. The SMILES string of the molecule is O=C(/C=C/c1nc2ccccc2o1)Nc1ccc(SCc2cccnc2)cc1. The molecule has 2 aromatic carbocycles. The van der Waals surface area contributed by atoms with Crippen LogP contribution in [0, 0.1) is 0 Å². The maximum atomic E-state index is 12.1. The van der Waals surface area contributed by atoms with Crippen molar-refractivity contribution in [1.29, 1.82) is 0 Å². The van der Waals surface area contributed by atoms with Gasteiger partial charge in [0.15, 0.2) is 5.58 Å². The molecule has 0 atom stereocenters. The molecule has 4 rings (SSSR count). The second kappa shape index (κ2) is 8.54. The molecule has 0 bridgehead atoms. The summed E-state index contributed by atoms with van der Waals surface area (Å²) in [7, 11) is 0. The van der Waals surface area contributed by atoms with Crippen LogP contribution in [0.1, 0.15) is 11.5 Å². The number of amides is 1. The van der Waals surface area contributed by atoms with Gasteiger partial charge in [0.1, 0.15) is 5.52 Å². The second-order valence-electron chi connectivity index (χ2n) is 6.02. The van der Waals surface area contributed by atoms with E-state index in [2.05, 4.69) is 21.4 Å². The summed E-state index contributed by atoms with van der Waals surface area (Å²) < 4.78 is 5.56. The molecule has 0 aliphatic carbocycles. The first kappa shape index (κ1) is 18.0. The second-order valence-corrected chi connectivity index (χ2v) is 7.07. The van der Waals surface area contributed by atoms with E-state index in [4.69, 9.17) is 4.42 Å². The van der Waals surface area contributed by atoms with Crippen LogP contribution in [0.4, 0.5) is 5.69 Å². The Morgan fingerprint density at radius 3 is 2.71 bits per heavy atom. The molecule has 0 aliphatic rings. The Labute approximate surface area is 166 Å². The Kier molecular flexibility index (Phi) is 5.49. The van der Waals surface area contributed by atoms with Crippen LogP contribution in [0.25, 0.3) is 17.2 Å². The number of nitrogens with one attached hydrogen (secondary N) is 1. The number of hydrogen-bond donors (Lipinski definition) is 1. The molecule has 1 amide bonds. The highest BCUT2D eigenvalue weighted by Gasteiger charge is 2.03. The van der Waals surface area contributed by atoms with E-state index in [0.717, 1.165) is 21.9 Å². The van der Waals surface area contributed by atoms with Crippen LogP contribution < -0.4 is 5.32 Å². The van der Waals surface area contributed by atoms with Crippen molar-refractivity contribution in [2.75, 3.05) is 5.32 Å². The summed E-state index contributed by atoms with van der Waals surface area (Å²) in [6, 6.07) is 19.2. The van der Waals surface area contributed by atoms with Crippen molar-refractivity contribution < 1.29 is 9.21 Å². The van der Waals surface area contributed by atoms with E-state index >= 15 is 0 Å². The molecule has 6 heteroatoms. The minimum atomic E-state index is -0.238. The Hall–Kier alpha value is -3.38. The number of aromatic nitrogens is 2. The Balaban J connectivity index is 1.32. The van der Waals surface area contributed by atoms with Crippen molar-refractivity contribution in [2.45, 2.75) is 10.6 Å². The number of thioether (sulfide) groups is 1. The Bertz CT molecular complexity index is 1070. The highest BCUT2D eigenvalue weighted by atomic mass is 32.2. The van der Waals surface area contributed by atoms with Crippen molar-refractivity contribution >= 4 is 40.5 Å². The first-order valence-corrected chi connectivity index (χ1v) is 9.71. The number of hydrogen-bond acceptors (Lipinski definition) is 5. The van der Waals surface area contributed by atoms with Gasteiger partial charge < -0.3 is 9.73 Å². The highest BCUT2D eigenvalue weighted by molar-refractivity contribution is 7.98. The van der Waals surface area contributed by atoms with Crippen LogP contribution in [0.2, 0.25) is 0 Å². The molecule has 0 fully saturated rings. The van der Waals surface area contributed by atoms with E-state index in [1.54, 1.807) is 24.0 Å². The molecule has 28 heavy (non-hydrogen) atoms. The fourth-order valence-electron chi connectivity index (χ4n) is 2.58. The Morgan fingerprint density at radius 1 is 1.07 bits per heavy atom. The molecule has 0 aliphatic heterocycles. The molecular formula is C22H17N3O2S. The molecule has 2 aromatic heterocycles. The van der Waals surface area contributed by atoms with Crippen molar-refractivity contribution in [1.82, 2.24) is 9.97 Å². The number of nitrogens with zero attached hydrogens (tertiary/aromatic N) is 2. The third-order valence-electron chi connectivity index (χ3n) is 3.94. The number of oxazole rings is 1. The third kappa shape index (κ3) is 4.66. The summed E-state index contributed by atoms with van der Waals surface area (Å²) in [5.41, 5.74) is 3.37. The molecule has 0 saturated carbocycles. The van der Waals surface area contributed by atoms with Crippen molar-refractivity contribution in [3.63, 3.8) is 0 Å². The highest BCUT2D eigenvalue weighted by Crippen LogP contribution is 2.24. The number of rotatable bonds is 6. The number of anilines is 1. The lowest BCUT2D eigenvalue weighted by Gasteiger charge is -2.05. The summed E-state index contributed by atoms with van der Waals surface area (Å²) in [5.74, 6) is 1.02. The average Bonchev–Trinajstić information content (AvgIpc) is 3.16. The standard InChI is InChI=1S/C22H17N3O2S/c26-21(11-12-22-25-19-5-1-2-6-20(19)27-22)24-17-7-9-18(10-8-17)28-15-16-4-3-13-23-14-16/h1-14H,15H2,(H,24,26)/b12-11+. The predicted octanol–water partition coefficient (Wildman–Crippen LogP) is 5.17. The van der Waals surface area contributed by atoms with Gasteiger partial charge in [0.2, 0.25) is 11.8 Å². The zero-order valence-corrected chi connectivity index (χ0v) is 15.7. The molecule has 0 unspecified atom stereocenters. The summed E-state index contributed by atoms with van der Waals surface area (Å²) >= 11 is 1.72. The molecule has 0 radical (unpaired) electrons. The predicted molar refractivity (Wildman–Crippen MR) is 112 cm³/mol. The van der Waals surface area contributed by atoms with Gasteiger partial charge in [-0.2, -0.15) is 0 Å². The van der Waals surface area contributed by atoms with Gasteiger partial charge in [0.05, 0.1) is 0 Å². The summed E-state index contributed by atoms with van der Waals surface area (Å²) in [6.07, 6.45) is 6.61. The Morgan fingerprint density at radius 2 is 1.93 bits per heavy atom. The molecule has 5 nitrogen and oxygen atoms in total. The number of fused-ring (bicyclic) bond motifs is 1. The van der Waals surface area contributed by atoms with Gasteiger partial charge >= 0.3 is 0 Å². The third-order valence-corrected chi connectivity index (χ3v) is 5.02. The fraction of sp³-hybridized carbons (Fsp3) is 0.0455. The van der Waals surface area contributed by atoms with E-state index in [-0.39, 0.29) is 5.91 Å². The minimum Gasteiger partial charge on any atom is -0.437 e. The van der Waals surface area contributed by atoms with Gasteiger partial charge in [-0.25, -0.2) is 4.98 Å². The largest absolute Gasteiger partial charge is 0.437 e. The lowest BCUT2D eigenvalue weighted by atomic mass is 10.3. The number of benzene rings is 2. The van der Waals surface area contributed by atoms with E-state index < -0.39 is 0 Å². The number of pyridine rings is 1. The zero-order valence-electron chi connectivity index (χ0n) is 14.9. The van der Waals surface area contributed by atoms with E-state index in [9.17, 15) is 4.79 Å². The monoisotopic (exact) mass is 387 g/mol. The molecule has 1 N–H and O–H groups in total. The van der Waals surface area contributed by atoms with Crippen molar-refractivity contribution in [3.8, 4) is 0 Å². The van der Waals surface area contributed by atoms with Crippen LogP contribution in [-0.2, 0) is 10.5 Å². The maximum Gasteiger partial charge on any atom is 0.248 e. The van der Waals surface area contributed by atoms with Crippen LogP contribution >= 0.6 is 11.8 Å². The van der Waals surface area contributed by atoms with Gasteiger partial charge in [-0.1, -0.05) is 18.2 Å². The molecule has 4 aromatic rings. The smallest absolute Gasteiger partial charge is 0.248 e. The molecule has 138 valence electrons. The van der Waals surface area contributed by atoms with Crippen LogP contribution in [-0.4, -0.2) is 15.9 Å². The normalized spacial score (nSPS) is 11.1. The fourth-order valence-corrected chi connectivity index (χ4v) is 3.41. The molecule has 0 spiro atoms. The first-order chi connectivity index (χ1) is 13.8. The number of para-hydroxylation sites is 2. The summed E-state index contributed by atoms with van der Waals surface area (Å²) in [5, 5.41) is 2.83. The van der Waals surface area contributed by atoms with Crippen LogP contribution in [0.5, 0.6) is 0 Å². The summed E-state index contributed by atoms with van der Waals surface area (Å²) in [6.45, 7) is 0. The maximum absolute atomic E-state index is 12.1. The van der Waals surface area contributed by atoms with E-state index in [1.165, 1.54) is 11.6 Å². The topological polar surface area (TPSA) is 68.0 Å². The van der Waals surface area contributed by atoms with Crippen LogP contribution in [0.15, 0.2) is 88.4 Å². The van der Waals surface area contributed by atoms with Gasteiger partial charge in [-0.05, 0) is 48.0 Å². The molecule has 0 saturated heterocycles. The molecule has 2 heterocycles. The lowest BCUT2D eigenvalue weighted by molar-refractivity contribution is -0.111. The van der Waals surface area contributed by atoms with E-state index in [0.29, 0.717) is 11.5 Å². The van der Waals surface area contributed by atoms with Gasteiger partial charge in [-0.3, -0.25) is 9.78 Å². The van der Waals surface area contributed by atoms with Crippen LogP contribution in [0.3, 0.4) is 0 Å². The number of carbonyl (C=O) groups is 1. The van der Waals surface area contributed by atoms with Crippen molar-refractivity contribution in [3.05, 3.63) is 90.6 Å². The first-order valence-electron chi connectivity index (χ1n) is 8.73. The molecular weight excluding hydrogens is 370 g/mol. The van der Waals surface area contributed by atoms with E-state index in [1.807, 2.05) is 60.8 Å². The van der Waals surface area contributed by atoms with Gasteiger partial charge in [0, 0.05) is 40.9 Å². The average molecular weight is 387 g/mol. The van der Waals surface area contributed by atoms with Crippen molar-refractivity contribution in [2.24, 2.45) is 0 Å². The lowest BCUT2D eigenvalue weighted by Crippen LogP contribution is -2.07. The zero-order chi connectivity index (χ0) is 19.2. The van der Waals surface area contributed by atoms with Gasteiger partial charge in [0.25, 0.3) is 0 Å². The minimum absolute atomic E-state index is 0.238. The van der Waals surface area contributed by atoms with Gasteiger partial charge in [-0.15, -0.1) is 11.8 Å².